The fourth-order valence-electron chi connectivity index (χ4n) is 4.08. The molecule has 2 aromatic carbocycles. The van der Waals surface area contributed by atoms with E-state index in [1.54, 1.807) is 42.3 Å². The molecule has 5 nitrogen and oxygen atoms in total. The minimum atomic E-state index is -3.69. The van der Waals surface area contributed by atoms with Crippen LogP contribution in [-0.2, 0) is 10.0 Å². The number of anilines is 1. The Labute approximate surface area is 178 Å². The van der Waals surface area contributed by atoms with Gasteiger partial charge in [-0.2, -0.15) is 4.31 Å². The summed E-state index contributed by atoms with van der Waals surface area (Å²) in [6.45, 7) is 1.01. The number of H-pyrrole nitrogens is 1. The predicted molar refractivity (Wildman–Crippen MR) is 113 cm³/mol. The minimum absolute atomic E-state index is 0.0640. The summed E-state index contributed by atoms with van der Waals surface area (Å²) in [5.41, 5.74) is 1.55. The molecule has 5 rings (SSSR count). The Hall–Kier alpha value is -2.52. The van der Waals surface area contributed by atoms with Crippen LogP contribution in [0, 0.1) is 11.7 Å². The average Bonchev–Trinajstić information content (AvgIpc) is 3.13. The van der Waals surface area contributed by atoms with Crippen molar-refractivity contribution in [1.29, 1.82) is 0 Å². The number of para-hydroxylation sites is 1. The van der Waals surface area contributed by atoms with E-state index in [0.29, 0.717) is 35.2 Å². The first-order valence-electron chi connectivity index (χ1n) is 10.2. The monoisotopic (exact) mass is 449 g/mol. The van der Waals surface area contributed by atoms with Crippen LogP contribution in [0.2, 0.25) is 0 Å². The Bertz CT molecular complexity index is 1270. The van der Waals surface area contributed by atoms with E-state index in [2.05, 4.69) is 4.98 Å². The van der Waals surface area contributed by atoms with Crippen molar-refractivity contribution in [2.75, 3.05) is 31.6 Å². The Balaban J connectivity index is 1.63. The molecule has 0 bridgehead atoms. The molecule has 164 valence electrons. The van der Waals surface area contributed by atoms with Crippen LogP contribution >= 0.6 is 0 Å². The molecule has 1 aromatic heterocycles. The van der Waals surface area contributed by atoms with Gasteiger partial charge in [0.1, 0.15) is 0 Å². The molecule has 9 heteroatoms. The van der Waals surface area contributed by atoms with Gasteiger partial charge in [0.2, 0.25) is 10.0 Å². The first kappa shape index (κ1) is 20.4. The van der Waals surface area contributed by atoms with Crippen molar-refractivity contribution >= 4 is 26.6 Å². The zero-order chi connectivity index (χ0) is 22.0. The van der Waals surface area contributed by atoms with Gasteiger partial charge in [-0.05, 0) is 36.8 Å². The van der Waals surface area contributed by atoms with Crippen molar-refractivity contribution in [2.24, 2.45) is 5.92 Å². The summed E-state index contributed by atoms with van der Waals surface area (Å²) in [6, 6.07) is 11.3. The molecule has 0 spiro atoms. The number of halogens is 3. The largest absolute Gasteiger partial charge is 0.374 e. The van der Waals surface area contributed by atoms with Gasteiger partial charge in [0.05, 0.1) is 10.6 Å². The fourth-order valence-corrected chi connectivity index (χ4v) is 5.62. The number of hydrogen-bond acceptors (Lipinski definition) is 3. The highest BCUT2D eigenvalue weighted by atomic mass is 32.2. The first-order chi connectivity index (χ1) is 14.7. The lowest BCUT2D eigenvalue weighted by molar-refractivity contribution is 0.100. The number of benzene rings is 2. The number of nitrogens with zero attached hydrogens (tertiary/aromatic N) is 2. The summed E-state index contributed by atoms with van der Waals surface area (Å²) < 4.78 is 69.5. The predicted octanol–water partition coefficient (Wildman–Crippen LogP) is 4.46. The lowest BCUT2D eigenvalue weighted by Crippen LogP contribution is -2.41. The van der Waals surface area contributed by atoms with Gasteiger partial charge in [-0.15, -0.1) is 0 Å². The standard InChI is InChI=1S/C22H22F3N3O2S/c1-27(13-14-12-22(14,24)25)19-8-7-15(31(29,30)28-9-4-10-28)11-17(19)21-20(23)16-5-2-3-6-18(16)26-21/h2-3,5-8,11,14,26H,4,9-10,12-13H2,1H3/t14-/m0/s1. The van der Waals surface area contributed by atoms with Crippen molar-refractivity contribution in [3.63, 3.8) is 0 Å². The molecule has 1 saturated heterocycles. The highest BCUT2D eigenvalue weighted by Gasteiger charge is 2.57. The Kier molecular flexibility index (Phi) is 4.60. The molecule has 0 radical (unpaired) electrons. The Morgan fingerprint density at radius 3 is 2.52 bits per heavy atom. The third-order valence-electron chi connectivity index (χ3n) is 6.19. The van der Waals surface area contributed by atoms with Crippen LogP contribution in [0.15, 0.2) is 47.4 Å². The maximum absolute atomic E-state index is 15.3. The van der Waals surface area contributed by atoms with Gasteiger partial charge in [0, 0.05) is 61.2 Å². The zero-order valence-corrected chi connectivity index (χ0v) is 17.7. The molecule has 0 unspecified atom stereocenters. The van der Waals surface area contributed by atoms with E-state index < -0.39 is 27.7 Å². The highest BCUT2D eigenvalue weighted by molar-refractivity contribution is 7.89. The number of aromatic nitrogens is 1. The molecule has 1 saturated carbocycles. The van der Waals surface area contributed by atoms with Gasteiger partial charge in [0.25, 0.3) is 5.92 Å². The number of fused-ring (bicyclic) bond motifs is 1. The smallest absolute Gasteiger partial charge is 0.253 e. The van der Waals surface area contributed by atoms with Crippen LogP contribution in [-0.4, -0.2) is 50.3 Å². The number of alkyl halides is 2. The van der Waals surface area contributed by atoms with Gasteiger partial charge in [-0.1, -0.05) is 12.1 Å². The summed E-state index contributed by atoms with van der Waals surface area (Å²) in [4.78, 5) is 4.75. The minimum Gasteiger partial charge on any atom is -0.374 e. The van der Waals surface area contributed by atoms with Crippen molar-refractivity contribution in [2.45, 2.75) is 23.7 Å². The van der Waals surface area contributed by atoms with Gasteiger partial charge in [0.15, 0.2) is 5.82 Å². The van der Waals surface area contributed by atoms with Crippen LogP contribution in [0.25, 0.3) is 22.2 Å². The van der Waals surface area contributed by atoms with Crippen molar-refractivity contribution < 1.29 is 21.6 Å². The maximum atomic E-state index is 15.3. The Morgan fingerprint density at radius 1 is 1.19 bits per heavy atom. The molecule has 1 atom stereocenters. The lowest BCUT2D eigenvalue weighted by atomic mass is 10.1. The quantitative estimate of drug-likeness (QED) is 0.605. The molecule has 31 heavy (non-hydrogen) atoms. The second-order valence-corrected chi connectivity index (χ2v) is 10.3. The van der Waals surface area contributed by atoms with E-state index in [1.807, 2.05) is 0 Å². The SMILES string of the molecule is CN(C[C@@H]1CC1(F)F)c1ccc(S(=O)(=O)N2CCC2)cc1-c1[nH]c2ccccc2c1F. The molecule has 2 heterocycles. The second-order valence-electron chi connectivity index (χ2n) is 8.34. The molecule has 1 aliphatic heterocycles. The number of rotatable bonds is 6. The topological polar surface area (TPSA) is 56.4 Å². The summed E-state index contributed by atoms with van der Waals surface area (Å²) in [5, 5.41) is 0.385. The van der Waals surface area contributed by atoms with Crippen LogP contribution < -0.4 is 4.90 Å². The highest BCUT2D eigenvalue weighted by Crippen LogP contribution is 2.49. The molecule has 0 amide bonds. The van der Waals surface area contributed by atoms with Crippen molar-refractivity contribution in [3.8, 4) is 11.3 Å². The zero-order valence-electron chi connectivity index (χ0n) is 16.9. The molecule has 2 fully saturated rings. The molecule has 3 aromatic rings. The van der Waals surface area contributed by atoms with Crippen LogP contribution in [0.4, 0.5) is 18.9 Å². The summed E-state index contributed by atoms with van der Waals surface area (Å²) in [7, 11) is -2.02. The van der Waals surface area contributed by atoms with Gasteiger partial charge >= 0.3 is 0 Å². The number of hydrogen-bond donors (Lipinski definition) is 1. The summed E-state index contributed by atoms with van der Waals surface area (Å²) in [6.07, 6.45) is 0.633. The van der Waals surface area contributed by atoms with Crippen molar-refractivity contribution in [1.82, 2.24) is 9.29 Å². The lowest BCUT2D eigenvalue weighted by Gasteiger charge is -2.30. The Morgan fingerprint density at radius 2 is 1.90 bits per heavy atom. The third-order valence-corrected chi connectivity index (χ3v) is 8.09. The van der Waals surface area contributed by atoms with Crippen LogP contribution in [0.5, 0.6) is 0 Å². The molecule has 2 aliphatic rings. The second kappa shape index (κ2) is 7.00. The number of aromatic amines is 1. The fraction of sp³-hybridized carbons (Fsp3) is 0.364. The molecule has 1 aliphatic carbocycles. The summed E-state index contributed by atoms with van der Waals surface area (Å²) in [5.74, 6) is -3.94. The normalized spacial score (nSPS) is 20.6. The summed E-state index contributed by atoms with van der Waals surface area (Å²) >= 11 is 0. The maximum Gasteiger partial charge on any atom is 0.253 e. The first-order valence-corrected chi connectivity index (χ1v) is 11.6. The molecular weight excluding hydrogens is 427 g/mol. The van der Waals surface area contributed by atoms with Crippen molar-refractivity contribution in [3.05, 3.63) is 48.3 Å². The number of nitrogens with one attached hydrogen (secondary N) is 1. The van der Waals surface area contributed by atoms with Gasteiger partial charge in [-0.3, -0.25) is 0 Å². The van der Waals surface area contributed by atoms with E-state index in [1.165, 1.54) is 16.4 Å². The average molecular weight is 449 g/mol. The van der Waals surface area contributed by atoms with Crippen LogP contribution in [0.1, 0.15) is 12.8 Å². The van der Waals surface area contributed by atoms with E-state index in [9.17, 15) is 17.2 Å². The van der Waals surface area contributed by atoms with Gasteiger partial charge in [-0.25, -0.2) is 21.6 Å². The van der Waals surface area contributed by atoms with Gasteiger partial charge < -0.3 is 9.88 Å². The van der Waals surface area contributed by atoms with E-state index in [-0.39, 0.29) is 23.6 Å². The third kappa shape index (κ3) is 3.40. The van der Waals surface area contributed by atoms with E-state index in [0.717, 1.165) is 6.42 Å². The number of sulfonamides is 1. The molecule has 1 N–H and O–H groups in total. The van der Waals surface area contributed by atoms with E-state index >= 15 is 4.39 Å². The van der Waals surface area contributed by atoms with Crippen LogP contribution in [0.3, 0.4) is 0 Å². The molecular formula is C22H22F3N3O2S. The van der Waals surface area contributed by atoms with E-state index in [4.69, 9.17) is 0 Å².